The van der Waals surface area contributed by atoms with Crippen molar-refractivity contribution in [1.29, 1.82) is 0 Å². The topological polar surface area (TPSA) is 8.17 Å². The normalized spacial score (nSPS) is 13.5. The van der Waals surface area contributed by atoms with Crippen LogP contribution in [0.5, 0.6) is 0 Å². The molecule has 0 radical (unpaired) electrons. The number of rotatable bonds is 3. The fourth-order valence-corrected chi connectivity index (χ4v) is 4.02. The monoisotopic (exact) mass is 360 g/mol. The van der Waals surface area contributed by atoms with E-state index in [0.717, 1.165) is 19.6 Å². The van der Waals surface area contributed by atoms with E-state index in [0.29, 0.717) is 0 Å². The van der Waals surface area contributed by atoms with Gasteiger partial charge in [0.1, 0.15) is 0 Å². The molecule has 0 unspecified atom stereocenters. The maximum absolute atomic E-state index is 2.53. The highest BCUT2D eigenvalue weighted by Gasteiger charge is 2.27. The van der Waals surface area contributed by atoms with E-state index < -0.39 is 0 Å². The second-order valence-corrected chi connectivity index (χ2v) is 6.74. The third-order valence-corrected chi connectivity index (χ3v) is 5.11. The van der Waals surface area contributed by atoms with E-state index >= 15 is 0 Å². The highest BCUT2D eigenvalue weighted by atomic mass is 35.5. The first kappa shape index (κ1) is 16.9. The summed E-state index contributed by atoms with van der Waals surface area (Å²) < 4.78 is 2.44. The maximum atomic E-state index is 2.53. The zero-order chi connectivity index (χ0) is 16.6. The van der Waals surface area contributed by atoms with Crippen LogP contribution in [0.15, 0.2) is 84.9 Å². The molecule has 1 aliphatic heterocycles. The van der Waals surface area contributed by atoms with Crippen molar-refractivity contribution < 1.29 is 0 Å². The molecule has 130 valence electrons. The number of nitrogens with zero attached hydrogens (tertiary/aromatic N) is 2. The molecule has 1 aromatic heterocycles. The highest BCUT2D eigenvalue weighted by Crippen LogP contribution is 2.36. The minimum atomic E-state index is 0. The highest BCUT2D eigenvalue weighted by molar-refractivity contribution is 5.87. The van der Waals surface area contributed by atoms with E-state index in [-0.39, 0.29) is 12.4 Å². The first-order chi connectivity index (χ1) is 12.4. The summed E-state index contributed by atoms with van der Waals surface area (Å²) in [5, 5.41) is 1.39. The van der Waals surface area contributed by atoms with Gasteiger partial charge < -0.3 is 4.57 Å². The average Bonchev–Trinajstić information content (AvgIpc) is 3.19. The summed E-state index contributed by atoms with van der Waals surface area (Å²) >= 11 is 0. The molecule has 0 spiro atoms. The molecule has 2 nitrogen and oxygen atoms in total. The predicted octanol–water partition coefficient (Wildman–Crippen LogP) is 5.57. The number of halogens is 1. The Balaban J connectivity index is 0.00000168. The lowest BCUT2D eigenvalue weighted by Crippen LogP contribution is -2.17. The smallest absolute Gasteiger partial charge is 0.0535 e. The molecule has 1 aliphatic rings. The summed E-state index contributed by atoms with van der Waals surface area (Å²) in [7, 11) is 0. The van der Waals surface area contributed by atoms with Crippen LogP contribution < -0.4 is 0 Å². The Kier molecular flexibility index (Phi) is 4.54. The number of fused-ring (bicyclic) bond motifs is 3. The standard InChI is InChI=1S/C23H20N2.ClH/c1-3-9-18(10-4-1)15-24-16-21-20-13-7-8-14-22(20)25(23(21)17-24)19-11-5-2-6-12-19;/h1-14H,15-17H2;1H. The van der Waals surface area contributed by atoms with Gasteiger partial charge in [0.2, 0.25) is 0 Å². The van der Waals surface area contributed by atoms with Crippen LogP contribution in [0.25, 0.3) is 16.6 Å². The number of para-hydroxylation sites is 2. The average molecular weight is 361 g/mol. The quantitative estimate of drug-likeness (QED) is 0.463. The van der Waals surface area contributed by atoms with Gasteiger partial charge in [-0.3, -0.25) is 4.90 Å². The Morgan fingerprint density at radius 1 is 0.692 bits per heavy atom. The molecule has 26 heavy (non-hydrogen) atoms. The zero-order valence-electron chi connectivity index (χ0n) is 14.5. The fraction of sp³-hybridized carbons (Fsp3) is 0.130. The second kappa shape index (κ2) is 6.99. The predicted molar refractivity (Wildman–Crippen MR) is 110 cm³/mol. The van der Waals surface area contributed by atoms with Crippen molar-refractivity contribution in [3.63, 3.8) is 0 Å². The van der Waals surface area contributed by atoms with Gasteiger partial charge in [0.05, 0.1) is 5.52 Å². The third-order valence-electron chi connectivity index (χ3n) is 5.11. The molecular formula is C23H21ClN2. The summed E-state index contributed by atoms with van der Waals surface area (Å²) in [6, 6.07) is 30.3. The Morgan fingerprint density at radius 2 is 1.35 bits per heavy atom. The molecule has 0 saturated heterocycles. The lowest BCUT2D eigenvalue weighted by molar-refractivity contribution is 0.273. The maximum Gasteiger partial charge on any atom is 0.0535 e. The van der Waals surface area contributed by atoms with Crippen molar-refractivity contribution in [2.75, 3.05) is 0 Å². The molecule has 4 aromatic rings. The second-order valence-electron chi connectivity index (χ2n) is 6.74. The van der Waals surface area contributed by atoms with Crippen LogP contribution in [-0.2, 0) is 19.6 Å². The van der Waals surface area contributed by atoms with Crippen LogP contribution in [0.3, 0.4) is 0 Å². The Hall–Kier alpha value is -2.55. The van der Waals surface area contributed by atoms with Gasteiger partial charge in [-0.2, -0.15) is 0 Å². The molecule has 0 amide bonds. The van der Waals surface area contributed by atoms with Crippen molar-refractivity contribution in [3.8, 4) is 5.69 Å². The molecule has 0 N–H and O–H groups in total. The Morgan fingerprint density at radius 3 is 2.12 bits per heavy atom. The SMILES string of the molecule is Cl.c1ccc(CN2Cc3c(n(-c4ccccc4)c4ccccc34)C2)cc1. The molecule has 0 atom stereocenters. The molecule has 3 aromatic carbocycles. The summed E-state index contributed by atoms with van der Waals surface area (Å²) in [6.07, 6.45) is 0. The van der Waals surface area contributed by atoms with Crippen LogP contribution in [0.4, 0.5) is 0 Å². The van der Waals surface area contributed by atoms with E-state index in [4.69, 9.17) is 0 Å². The van der Waals surface area contributed by atoms with Gasteiger partial charge in [0, 0.05) is 36.4 Å². The van der Waals surface area contributed by atoms with E-state index in [2.05, 4.69) is 94.4 Å². The Bertz CT molecular complexity index is 1020. The Labute approximate surface area is 160 Å². The molecule has 0 bridgehead atoms. The minimum Gasteiger partial charge on any atom is -0.312 e. The van der Waals surface area contributed by atoms with Crippen molar-refractivity contribution in [2.45, 2.75) is 19.6 Å². The van der Waals surface area contributed by atoms with Gasteiger partial charge in [-0.1, -0.05) is 66.7 Å². The van der Waals surface area contributed by atoms with Gasteiger partial charge in [0.15, 0.2) is 0 Å². The van der Waals surface area contributed by atoms with Crippen molar-refractivity contribution in [3.05, 3.63) is 102 Å². The van der Waals surface area contributed by atoms with Gasteiger partial charge in [-0.05, 0) is 29.3 Å². The molecule has 0 aliphatic carbocycles. The number of aromatic nitrogens is 1. The molecule has 2 heterocycles. The van der Waals surface area contributed by atoms with Gasteiger partial charge in [-0.25, -0.2) is 0 Å². The first-order valence-electron chi connectivity index (χ1n) is 8.83. The molecule has 5 rings (SSSR count). The number of benzene rings is 3. The first-order valence-corrected chi connectivity index (χ1v) is 8.83. The van der Waals surface area contributed by atoms with E-state index in [1.165, 1.54) is 33.4 Å². The van der Waals surface area contributed by atoms with Crippen molar-refractivity contribution in [2.24, 2.45) is 0 Å². The van der Waals surface area contributed by atoms with Crippen LogP contribution in [0.1, 0.15) is 16.8 Å². The molecule has 3 heteroatoms. The summed E-state index contributed by atoms with van der Waals surface area (Å²) in [4.78, 5) is 2.53. The minimum absolute atomic E-state index is 0. The lowest BCUT2D eigenvalue weighted by atomic mass is 10.1. The summed E-state index contributed by atoms with van der Waals surface area (Å²) in [5.74, 6) is 0. The lowest BCUT2D eigenvalue weighted by Gasteiger charge is -2.17. The van der Waals surface area contributed by atoms with E-state index in [1.807, 2.05) is 0 Å². The van der Waals surface area contributed by atoms with Crippen LogP contribution >= 0.6 is 12.4 Å². The van der Waals surface area contributed by atoms with Crippen LogP contribution in [0, 0.1) is 0 Å². The fourth-order valence-electron chi connectivity index (χ4n) is 4.02. The summed E-state index contributed by atoms with van der Waals surface area (Å²) in [5.41, 5.74) is 6.86. The van der Waals surface area contributed by atoms with Crippen molar-refractivity contribution in [1.82, 2.24) is 9.47 Å². The molecule has 0 fully saturated rings. The number of hydrogen-bond acceptors (Lipinski definition) is 1. The molecular weight excluding hydrogens is 340 g/mol. The number of hydrogen-bond donors (Lipinski definition) is 0. The van der Waals surface area contributed by atoms with E-state index in [1.54, 1.807) is 0 Å². The van der Waals surface area contributed by atoms with Crippen LogP contribution in [0.2, 0.25) is 0 Å². The van der Waals surface area contributed by atoms with Gasteiger partial charge in [0.25, 0.3) is 0 Å². The summed E-state index contributed by atoms with van der Waals surface area (Å²) in [6.45, 7) is 3.01. The van der Waals surface area contributed by atoms with Crippen molar-refractivity contribution >= 4 is 23.3 Å². The van der Waals surface area contributed by atoms with Gasteiger partial charge in [-0.15, -0.1) is 12.4 Å². The zero-order valence-corrected chi connectivity index (χ0v) is 15.3. The van der Waals surface area contributed by atoms with Gasteiger partial charge >= 0.3 is 0 Å². The van der Waals surface area contributed by atoms with E-state index in [9.17, 15) is 0 Å². The third kappa shape index (κ3) is 2.82. The van der Waals surface area contributed by atoms with Crippen LogP contribution in [-0.4, -0.2) is 9.47 Å². The molecule has 0 saturated carbocycles. The largest absolute Gasteiger partial charge is 0.312 e.